The van der Waals surface area contributed by atoms with Gasteiger partial charge >= 0.3 is 0 Å². The van der Waals surface area contributed by atoms with Crippen molar-refractivity contribution in [1.82, 2.24) is 4.31 Å². The van der Waals surface area contributed by atoms with Crippen LogP contribution in [0.2, 0.25) is 10.0 Å². The molecule has 1 N–H and O–H groups in total. The minimum absolute atomic E-state index is 0.133. The quantitative estimate of drug-likeness (QED) is 0.779. The molecule has 1 heterocycles. The maximum Gasteiger partial charge on any atom is 0.228 e. The van der Waals surface area contributed by atoms with E-state index < -0.39 is 15.9 Å². The molecule has 0 aliphatic carbocycles. The van der Waals surface area contributed by atoms with Gasteiger partial charge in [-0.2, -0.15) is 0 Å². The van der Waals surface area contributed by atoms with Gasteiger partial charge in [-0.1, -0.05) is 47.5 Å². The summed E-state index contributed by atoms with van der Waals surface area (Å²) in [5, 5.41) is 3.75. The van der Waals surface area contributed by atoms with E-state index in [1.165, 1.54) is 4.31 Å². The summed E-state index contributed by atoms with van der Waals surface area (Å²) in [6.45, 7) is 0.581. The van der Waals surface area contributed by atoms with E-state index in [2.05, 4.69) is 5.32 Å². The molecular weight excluding hydrogens is 407 g/mol. The molecule has 0 saturated carbocycles. The van der Waals surface area contributed by atoms with Gasteiger partial charge in [0.25, 0.3) is 0 Å². The molecule has 0 spiro atoms. The first kappa shape index (κ1) is 20.1. The van der Waals surface area contributed by atoms with Crippen LogP contribution in [-0.2, 0) is 20.6 Å². The van der Waals surface area contributed by atoms with E-state index in [4.69, 9.17) is 23.2 Å². The number of benzene rings is 2. The molecule has 1 aliphatic heterocycles. The molecule has 0 aromatic heterocycles. The van der Waals surface area contributed by atoms with Crippen LogP contribution in [0.4, 0.5) is 5.69 Å². The number of hydrogen-bond acceptors (Lipinski definition) is 3. The highest BCUT2D eigenvalue weighted by atomic mass is 35.5. The number of halogens is 2. The van der Waals surface area contributed by atoms with Gasteiger partial charge in [-0.15, -0.1) is 0 Å². The SMILES string of the molecule is O=C(Nc1ccccc1Cl)[C@H]1CCCN(S(=O)(=O)Cc2cccc(Cl)c2)C1. The van der Waals surface area contributed by atoms with Gasteiger partial charge in [-0.05, 0) is 42.7 Å². The lowest BCUT2D eigenvalue weighted by Gasteiger charge is -2.31. The second-order valence-electron chi connectivity index (χ2n) is 6.55. The lowest BCUT2D eigenvalue weighted by molar-refractivity contribution is -0.120. The molecule has 2 aromatic rings. The predicted octanol–water partition coefficient (Wildman–Crippen LogP) is 4.17. The Labute approximate surface area is 169 Å². The Hall–Kier alpha value is -1.60. The molecule has 1 atom stereocenters. The number of nitrogens with zero attached hydrogens (tertiary/aromatic N) is 1. The van der Waals surface area contributed by atoms with Crippen LogP contribution < -0.4 is 5.32 Å². The van der Waals surface area contributed by atoms with Crippen LogP contribution in [0, 0.1) is 5.92 Å². The van der Waals surface area contributed by atoms with Crippen molar-refractivity contribution >= 4 is 44.8 Å². The zero-order valence-electron chi connectivity index (χ0n) is 14.6. The summed E-state index contributed by atoms with van der Waals surface area (Å²) in [5.41, 5.74) is 1.16. The number of carbonyl (C=O) groups excluding carboxylic acids is 1. The topological polar surface area (TPSA) is 66.5 Å². The first-order valence-electron chi connectivity index (χ1n) is 8.63. The Morgan fingerprint density at radius 3 is 2.67 bits per heavy atom. The highest BCUT2D eigenvalue weighted by Crippen LogP contribution is 2.25. The molecule has 1 fully saturated rings. The van der Waals surface area contributed by atoms with Crippen molar-refractivity contribution in [2.75, 3.05) is 18.4 Å². The summed E-state index contributed by atoms with van der Waals surface area (Å²) in [6.07, 6.45) is 1.27. The molecule has 1 aliphatic rings. The van der Waals surface area contributed by atoms with Crippen molar-refractivity contribution in [2.45, 2.75) is 18.6 Å². The van der Waals surface area contributed by atoms with Gasteiger partial charge in [0.05, 0.1) is 22.4 Å². The lowest BCUT2D eigenvalue weighted by Crippen LogP contribution is -2.44. The van der Waals surface area contributed by atoms with E-state index >= 15 is 0 Å². The van der Waals surface area contributed by atoms with Crippen LogP contribution in [0.5, 0.6) is 0 Å². The second kappa shape index (κ2) is 8.61. The van der Waals surface area contributed by atoms with E-state index in [0.29, 0.717) is 40.7 Å². The van der Waals surface area contributed by atoms with Crippen molar-refractivity contribution in [2.24, 2.45) is 5.92 Å². The Balaban J connectivity index is 1.67. The normalized spacial score (nSPS) is 18.2. The smallest absolute Gasteiger partial charge is 0.228 e. The van der Waals surface area contributed by atoms with Gasteiger partial charge in [-0.25, -0.2) is 12.7 Å². The summed E-state index contributed by atoms with van der Waals surface area (Å²) in [5.74, 6) is -0.762. The molecule has 0 radical (unpaired) electrons. The fraction of sp³-hybridized carbons (Fsp3) is 0.316. The second-order valence-corrected chi connectivity index (χ2v) is 9.36. The van der Waals surface area contributed by atoms with Crippen molar-refractivity contribution in [3.63, 3.8) is 0 Å². The minimum Gasteiger partial charge on any atom is -0.324 e. The van der Waals surface area contributed by atoms with E-state index in [1.54, 1.807) is 48.5 Å². The number of rotatable bonds is 5. The standard InChI is InChI=1S/C19H20Cl2N2O3S/c20-16-7-3-5-14(11-16)13-27(25,26)23-10-4-6-15(12-23)19(24)22-18-9-2-1-8-17(18)21/h1-3,5,7-9,11,15H,4,6,10,12-13H2,(H,22,24)/t15-/m0/s1. The third-order valence-corrected chi connectivity index (χ3v) is 6.90. The average molecular weight is 427 g/mol. The molecular formula is C19H20Cl2N2O3S. The number of carbonyl (C=O) groups is 1. The number of amides is 1. The number of para-hydroxylation sites is 1. The van der Waals surface area contributed by atoms with E-state index in [-0.39, 0.29) is 18.2 Å². The minimum atomic E-state index is -3.53. The van der Waals surface area contributed by atoms with Crippen LogP contribution in [-0.4, -0.2) is 31.7 Å². The van der Waals surface area contributed by atoms with Crippen molar-refractivity contribution < 1.29 is 13.2 Å². The monoisotopic (exact) mass is 426 g/mol. The molecule has 0 unspecified atom stereocenters. The highest BCUT2D eigenvalue weighted by molar-refractivity contribution is 7.88. The van der Waals surface area contributed by atoms with Gasteiger partial charge in [0.1, 0.15) is 0 Å². The summed E-state index contributed by atoms with van der Waals surface area (Å²) in [6, 6.07) is 13.8. The first-order valence-corrected chi connectivity index (χ1v) is 11.0. The number of nitrogens with one attached hydrogen (secondary N) is 1. The fourth-order valence-electron chi connectivity index (χ4n) is 3.14. The highest BCUT2D eigenvalue weighted by Gasteiger charge is 2.32. The zero-order chi connectivity index (χ0) is 19.4. The Bertz CT molecular complexity index is 934. The number of hydrogen-bond donors (Lipinski definition) is 1. The van der Waals surface area contributed by atoms with Crippen molar-refractivity contribution in [3.8, 4) is 0 Å². The van der Waals surface area contributed by atoms with Crippen LogP contribution in [0.15, 0.2) is 48.5 Å². The number of piperidine rings is 1. The fourth-order valence-corrected chi connectivity index (χ4v) is 5.13. The molecule has 27 heavy (non-hydrogen) atoms. The van der Waals surface area contributed by atoms with Crippen LogP contribution in [0.1, 0.15) is 18.4 Å². The maximum atomic E-state index is 12.8. The Morgan fingerprint density at radius 1 is 1.15 bits per heavy atom. The number of sulfonamides is 1. The summed E-state index contributed by atoms with van der Waals surface area (Å²) in [4.78, 5) is 12.6. The summed E-state index contributed by atoms with van der Waals surface area (Å²) >= 11 is 12.0. The van der Waals surface area contributed by atoms with Gasteiger partial charge in [0, 0.05) is 18.1 Å². The third kappa shape index (κ3) is 5.23. The molecule has 8 heteroatoms. The molecule has 1 amide bonds. The van der Waals surface area contributed by atoms with Crippen LogP contribution in [0.3, 0.4) is 0 Å². The Kier molecular flexibility index (Phi) is 6.42. The molecule has 0 bridgehead atoms. The maximum absolute atomic E-state index is 12.8. The molecule has 1 saturated heterocycles. The predicted molar refractivity (Wildman–Crippen MR) is 108 cm³/mol. The largest absolute Gasteiger partial charge is 0.324 e. The first-order chi connectivity index (χ1) is 12.8. The van der Waals surface area contributed by atoms with E-state index in [0.717, 1.165) is 0 Å². The number of anilines is 1. The van der Waals surface area contributed by atoms with Crippen molar-refractivity contribution in [3.05, 3.63) is 64.1 Å². The van der Waals surface area contributed by atoms with Gasteiger partial charge in [0.2, 0.25) is 15.9 Å². The van der Waals surface area contributed by atoms with Crippen molar-refractivity contribution in [1.29, 1.82) is 0 Å². The third-order valence-electron chi connectivity index (χ3n) is 4.52. The lowest BCUT2D eigenvalue weighted by atomic mass is 9.99. The Morgan fingerprint density at radius 2 is 1.93 bits per heavy atom. The summed E-state index contributed by atoms with van der Waals surface area (Å²) < 4.78 is 27.0. The van der Waals surface area contributed by atoms with E-state index in [9.17, 15) is 13.2 Å². The van der Waals surface area contributed by atoms with Gasteiger partial charge in [0.15, 0.2) is 0 Å². The van der Waals surface area contributed by atoms with Gasteiger partial charge < -0.3 is 5.32 Å². The molecule has 2 aromatic carbocycles. The van der Waals surface area contributed by atoms with E-state index in [1.807, 2.05) is 0 Å². The zero-order valence-corrected chi connectivity index (χ0v) is 16.9. The van der Waals surface area contributed by atoms with Crippen LogP contribution >= 0.6 is 23.2 Å². The average Bonchev–Trinajstić information content (AvgIpc) is 2.63. The van der Waals surface area contributed by atoms with Gasteiger partial charge in [-0.3, -0.25) is 4.79 Å². The summed E-state index contributed by atoms with van der Waals surface area (Å²) in [7, 11) is -3.53. The molecule has 144 valence electrons. The van der Waals surface area contributed by atoms with Crippen LogP contribution in [0.25, 0.3) is 0 Å². The molecule has 3 rings (SSSR count). The molecule has 5 nitrogen and oxygen atoms in total.